The lowest BCUT2D eigenvalue weighted by molar-refractivity contribution is -0.143. The molecule has 130 valence electrons. The summed E-state index contributed by atoms with van der Waals surface area (Å²) in [6.45, 7) is 1.05. The molecule has 5 nitrogen and oxygen atoms in total. The number of hydrogen-bond donors (Lipinski definition) is 3. The summed E-state index contributed by atoms with van der Waals surface area (Å²) >= 11 is 1.34. The molecule has 1 aliphatic carbocycles. The van der Waals surface area contributed by atoms with Gasteiger partial charge in [-0.1, -0.05) is 6.42 Å². The molecule has 1 amide bonds. The van der Waals surface area contributed by atoms with E-state index in [9.17, 15) is 14.0 Å². The number of rotatable bonds is 5. The van der Waals surface area contributed by atoms with Crippen molar-refractivity contribution in [2.24, 2.45) is 11.8 Å². The second-order valence-corrected chi connectivity index (χ2v) is 7.49. The summed E-state index contributed by atoms with van der Waals surface area (Å²) in [5, 5.41) is 15.1. The van der Waals surface area contributed by atoms with Gasteiger partial charge in [0.05, 0.1) is 17.4 Å². The first kappa shape index (κ1) is 17.2. The Kier molecular flexibility index (Phi) is 5.40. The molecule has 1 saturated carbocycles. The smallest absolute Gasteiger partial charge is 0.306 e. The monoisotopic (exact) mass is 352 g/mol. The van der Waals surface area contributed by atoms with Crippen molar-refractivity contribution in [1.82, 2.24) is 5.32 Å². The predicted molar refractivity (Wildman–Crippen MR) is 90.5 cm³/mol. The van der Waals surface area contributed by atoms with Crippen LogP contribution in [0.5, 0.6) is 0 Å². The van der Waals surface area contributed by atoms with Crippen LogP contribution in [0.1, 0.15) is 31.2 Å². The van der Waals surface area contributed by atoms with Crippen molar-refractivity contribution in [3.05, 3.63) is 23.5 Å². The summed E-state index contributed by atoms with van der Waals surface area (Å²) in [6.07, 6.45) is 3.38. The van der Waals surface area contributed by atoms with Gasteiger partial charge in [0.25, 0.3) is 0 Å². The van der Waals surface area contributed by atoms with Crippen LogP contribution in [0.3, 0.4) is 0 Å². The van der Waals surface area contributed by atoms with Gasteiger partial charge in [0.15, 0.2) is 0 Å². The molecular weight excluding hydrogens is 331 g/mol. The quantitative estimate of drug-likeness (QED) is 0.759. The number of halogens is 1. The number of thioether (sulfide) groups is 1. The molecule has 2 aliphatic rings. The molecule has 3 rings (SSSR count). The number of carboxylic acids is 1. The first-order chi connectivity index (χ1) is 11.5. The SMILES string of the molecule is O=C1CSc2cc(F)c(CNCC3CCCC(C(=O)O)C3)cc2N1. The van der Waals surface area contributed by atoms with E-state index in [0.717, 1.165) is 24.2 Å². The number of amides is 1. The maximum Gasteiger partial charge on any atom is 0.306 e. The fourth-order valence-corrected chi connectivity index (χ4v) is 4.20. The molecule has 24 heavy (non-hydrogen) atoms. The Morgan fingerprint density at radius 1 is 1.42 bits per heavy atom. The number of fused-ring (bicyclic) bond motifs is 1. The Morgan fingerprint density at radius 3 is 3.04 bits per heavy atom. The maximum atomic E-state index is 14.2. The Labute approximate surface area is 144 Å². The van der Waals surface area contributed by atoms with E-state index in [1.165, 1.54) is 17.8 Å². The number of carboxylic acid groups (broad SMARTS) is 1. The second-order valence-electron chi connectivity index (χ2n) is 6.48. The van der Waals surface area contributed by atoms with Crippen LogP contribution in [-0.2, 0) is 16.1 Å². The third kappa shape index (κ3) is 4.08. The standard InChI is InChI=1S/C17H21FN2O3S/c18-13-6-15-14(20-16(21)9-24-15)5-12(13)8-19-7-10-2-1-3-11(4-10)17(22)23/h5-6,10-11,19H,1-4,7-9H2,(H,20,21)(H,22,23). The van der Waals surface area contributed by atoms with Crippen molar-refractivity contribution in [2.75, 3.05) is 17.6 Å². The predicted octanol–water partition coefficient (Wildman–Crippen LogP) is 2.85. The van der Waals surface area contributed by atoms with E-state index in [0.29, 0.717) is 42.4 Å². The van der Waals surface area contributed by atoms with Gasteiger partial charge in [-0.15, -0.1) is 11.8 Å². The van der Waals surface area contributed by atoms with Crippen molar-refractivity contribution in [1.29, 1.82) is 0 Å². The third-order valence-corrected chi connectivity index (χ3v) is 5.72. The van der Waals surface area contributed by atoms with Crippen LogP contribution in [0, 0.1) is 17.7 Å². The highest BCUT2D eigenvalue weighted by molar-refractivity contribution is 8.00. The Hall–Kier alpha value is -1.60. The number of hydrogen-bond acceptors (Lipinski definition) is 4. The van der Waals surface area contributed by atoms with E-state index in [4.69, 9.17) is 5.11 Å². The average Bonchev–Trinajstić information content (AvgIpc) is 2.56. The molecule has 1 aliphatic heterocycles. The first-order valence-electron chi connectivity index (χ1n) is 8.21. The first-order valence-corrected chi connectivity index (χ1v) is 9.20. The highest BCUT2D eigenvalue weighted by Gasteiger charge is 2.26. The van der Waals surface area contributed by atoms with E-state index < -0.39 is 5.97 Å². The summed E-state index contributed by atoms with van der Waals surface area (Å²) in [4.78, 5) is 23.3. The molecule has 7 heteroatoms. The van der Waals surface area contributed by atoms with E-state index in [1.807, 2.05) is 0 Å². The molecule has 3 N–H and O–H groups in total. The summed E-state index contributed by atoms with van der Waals surface area (Å²) in [5.41, 5.74) is 1.18. The van der Waals surface area contributed by atoms with Crippen molar-refractivity contribution in [3.63, 3.8) is 0 Å². The van der Waals surface area contributed by atoms with Crippen LogP contribution in [0.25, 0.3) is 0 Å². The molecule has 1 aromatic carbocycles. The fourth-order valence-electron chi connectivity index (χ4n) is 3.39. The number of carbonyl (C=O) groups is 2. The Balaban J connectivity index is 1.56. The van der Waals surface area contributed by atoms with Crippen LogP contribution >= 0.6 is 11.8 Å². The van der Waals surface area contributed by atoms with E-state index in [1.54, 1.807) is 6.07 Å². The summed E-state index contributed by atoms with van der Waals surface area (Å²) in [6, 6.07) is 3.15. The zero-order valence-corrected chi connectivity index (χ0v) is 14.1. The molecule has 0 spiro atoms. The zero-order valence-electron chi connectivity index (χ0n) is 13.3. The number of aliphatic carboxylic acids is 1. The van der Waals surface area contributed by atoms with Gasteiger partial charge in [0, 0.05) is 17.0 Å². The molecule has 0 radical (unpaired) electrons. The molecule has 0 bridgehead atoms. The van der Waals surface area contributed by atoms with Crippen molar-refractivity contribution in [3.8, 4) is 0 Å². The van der Waals surface area contributed by atoms with Crippen LogP contribution in [-0.4, -0.2) is 29.3 Å². The average molecular weight is 352 g/mol. The fraction of sp³-hybridized carbons (Fsp3) is 0.529. The van der Waals surface area contributed by atoms with Gasteiger partial charge in [-0.05, 0) is 43.9 Å². The van der Waals surface area contributed by atoms with Gasteiger partial charge in [-0.3, -0.25) is 9.59 Å². The van der Waals surface area contributed by atoms with E-state index >= 15 is 0 Å². The van der Waals surface area contributed by atoms with E-state index in [-0.39, 0.29) is 17.6 Å². The van der Waals surface area contributed by atoms with Crippen LogP contribution in [0.2, 0.25) is 0 Å². The summed E-state index contributed by atoms with van der Waals surface area (Å²) < 4.78 is 14.2. The van der Waals surface area contributed by atoms with Crippen molar-refractivity contribution < 1.29 is 19.1 Å². The van der Waals surface area contributed by atoms with Crippen molar-refractivity contribution in [2.45, 2.75) is 37.1 Å². The summed E-state index contributed by atoms with van der Waals surface area (Å²) in [5.74, 6) is -0.684. The van der Waals surface area contributed by atoms with Crippen LogP contribution in [0.4, 0.5) is 10.1 Å². The Bertz CT molecular complexity index is 653. The van der Waals surface area contributed by atoms with Gasteiger partial charge in [0.1, 0.15) is 5.82 Å². The second kappa shape index (κ2) is 7.53. The maximum absolute atomic E-state index is 14.2. The molecule has 2 unspecified atom stereocenters. The number of nitrogens with one attached hydrogen (secondary N) is 2. The lowest BCUT2D eigenvalue weighted by Crippen LogP contribution is -2.30. The van der Waals surface area contributed by atoms with Gasteiger partial charge in [0.2, 0.25) is 5.91 Å². The van der Waals surface area contributed by atoms with Gasteiger partial charge < -0.3 is 15.7 Å². The number of carbonyl (C=O) groups excluding carboxylic acids is 1. The Morgan fingerprint density at radius 2 is 2.25 bits per heavy atom. The van der Waals surface area contributed by atoms with Gasteiger partial charge >= 0.3 is 5.97 Å². The zero-order chi connectivity index (χ0) is 17.1. The molecule has 0 saturated heterocycles. The topological polar surface area (TPSA) is 78.4 Å². The largest absolute Gasteiger partial charge is 0.481 e. The molecule has 2 atom stereocenters. The lowest BCUT2D eigenvalue weighted by atomic mass is 9.81. The van der Waals surface area contributed by atoms with Gasteiger partial charge in [-0.2, -0.15) is 0 Å². The highest BCUT2D eigenvalue weighted by Crippen LogP contribution is 2.33. The molecular formula is C17H21FN2O3S. The molecule has 1 heterocycles. The van der Waals surface area contributed by atoms with Crippen molar-refractivity contribution >= 4 is 29.3 Å². The van der Waals surface area contributed by atoms with E-state index in [2.05, 4.69) is 10.6 Å². The van der Waals surface area contributed by atoms with Crippen LogP contribution < -0.4 is 10.6 Å². The number of benzene rings is 1. The van der Waals surface area contributed by atoms with Gasteiger partial charge in [-0.25, -0.2) is 4.39 Å². The normalized spacial score (nSPS) is 23.5. The minimum atomic E-state index is -0.714. The third-order valence-electron chi connectivity index (χ3n) is 4.66. The minimum Gasteiger partial charge on any atom is -0.481 e. The highest BCUT2D eigenvalue weighted by atomic mass is 32.2. The molecule has 1 aromatic rings. The molecule has 0 aromatic heterocycles. The number of anilines is 1. The summed E-state index contributed by atoms with van der Waals surface area (Å²) in [7, 11) is 0. The molecule has 1 fully saturated rings. The lowest BCUT2D eigenvalue weighted by Gasteiger charge is -2.27. The minimum absolute atomic E-state index is 0.0695. The van der Waals surface area contributed by atoms with Crippen LogP contribution in [0.15, 0.2) is 17.0 Å².